The van der Waals surface area contributed by atoms with Crippen molar-refractivity contribution in [2.45, 2.75) is 33.1 Å². The number of amides is 1. The predicted molar refractivity (Wildman–Crippen MR) is 95.7 cm³/mol. The van der Waals surface area contributed by atoms with Crippen LogP contribution in [0.25, 0.3) is 0 Å². The zero-order valence-corrected chi connectivity index (χ0v) is 15.5. The summed E-state index contributed by atoms with van der Waals surface area (Å²) in [5, 5.41) is 13.3. The lowest BCUT2D eigenvalue weighted by Crippen LogP contribution is -3.28. The fourth-order valence-electron chi connectivity index (χ4n) is 3.84. The first-order chi connectivity index (χ1) is 11.6. The molecular formula is C18H28N4OS+2. The summed E-state index contributed by atoms with van der Waals surface area (Å²) in [6.07, 6.45) is 3.15. The Morgan fingerprint density at radius 3 is 2.71 bits per heavy atom. The molecule has 1 atom stereocenters. The molecule has 2 heterocycles. The van der Waals surface area contributed by atoms with Crippen molar-refractivity contribution in [3.05, 3.63) is 16.0 Å². The molecule has 6 heteroatoms. The maximum atomic E-state index is 12.4. The van der Waals surface area contributed by atoms with E-state index in [1.807, 2.05) is 0 Å². The first kappa shape index (κ1) is 17.4. The summed E-state index contributed by atoms with van der Waals surface area (Å²) >= 11 is 1.62. The number of hydrogen-bond donors (Lipinski definition) is 3. The quantitative estimate of drug-likeness (QED) is 0.686. The lowest BCUT2D eigenvalue weighted by molar-refractivity contribution is -1.01. The molecule has 0 saturated carbocycles. The van der Waals surface area contributed by atoms with Gasteiger partial charge in [0.25, 0.3) is 5.91 Å². The Bertz CT molecular complexity index is 640. The van der Waals surface area contributed by atoms with Crippen LogP contribution in [0.4, 0.5) is 5.00 Å². The Morgan fingerprint density at radius 2 is 2.04 bits per heavy atom. The van der Waals surface area contributed by atoms with Crippen molar-refractivity contribution in [2.75, 3.05) is 44.6 Å². The van der Waals surface area contributed by atoms with Crippen LogP contribution in [-0.2, 0) is 17.6 Å². The highest BCUT2D eigenvalue weighted by Gasteiger charge is 2.27. The molecule has 3 rings (SSSR count). The Hall–Kier alpha value is -1.42. The molecule has 2 aliphatic rings. The number of piperazine rings is 1. The summed E-state index contributed by atoms with van der Waals surface area (Å²) in [6, 6.07) is 2.33. The number of fused-ring (bicyclic) bond motifs is 1. The monoisotopic (exact) mass is 348 g/mol. The first-order valence-corrected chi connectivity index (χ1v) is 9.94. The second-order valence-corrected chi connectivity index (χ2v) is 8.35. The molecule has 1 saturated heterocycles. The summed E-state index contributed by atoms with van der Waals surface area (Å²) in [7, 11) is 0. The van der Waals surface area contributed by atoms with E-state index in [-0.39, 0.29) is 5.91 Å². The van der Waals surface area contributed by atoms with Gasteiger partial charge in [0.2, 0.25) is 0 Å². The fraction of sp³-hybridized carbons (Fsp3) is 0.667. The minimum atomic E-state index is 0.0492. The molecular weight excluding hydrogens is 320 g/mol. The van der Waals surface area contributed by atoms with Crippen LogP contribution in [0.15, 0.2) is 0 Å². The molecule has 0 aromatic carbocycles. The van der Waals surface area contributed by atoms with Crippen LogP contribution in [0.1, 0.15) is 36.3 Å². The number of likely N-dealkylation sites (N-methyl/N-ethyl adjacent to an activating group) is 1. The topological polar surface area (TPSA) is 61.8 Å². The van der Waals surface area contributed by atoms with Crippen LogP contribution >= 0.6 is 11.3 Å². The third-order valence-corrected chi connectivity index (χ3v) is 6.62. The van der Waals surface area contributed by atoms with Gasteiger partial charge in [-0.1, -0.05) is 6.92 Å². The number of quaternary nitrogens is 2. The van der Waals surface area contributed by atoms with Gasteiger partial charge in [-0.05, 0) is 37.7 Å². The number of hydrogen-bond acceptors (Lipinski definition) is 3. The Kier molecular flexibility index (Phi) is 5.54. The standard InChI is InChI=1S/C18H26N4OS/c1-3-21-6-8-22(9-7-21)12-17(23)20-18-15(11-19)14-5-4-13(2)10-16(14)24-18/h13H,3-10,12H2,1-2H3,(H,20,23)/p+2/t13-/m0/s1. The van der Waals surface area contributed by atoms with E-state index in [0.717, 1.165) is 50.4 Å². The molecule has 1 aromatic heterocycles. The number of carbonyl (C=O) groups excluding carboxylic acids is 1. The molecule has 1 aliphatic heterocycles. The molecule has 0 radical (unpaired) electrons. The molecule has 0 unspecified atom stereocenters. The van der Waals surface area contributed by atoms with Crippen molar-refractivity contribution in [3.63, 3.8) is 0 Å². The highest BCUT2D eigenvalue weighted by molar-refractivity contribution is 7.16. The number of rotatable bonds is 4. The Morgan fingerprint density at radius 1 is 1.33 bits per heavy atom. The van der Waals surface area contributed by atoms with Crippen LogP contribution in [0, 0.1) is 17.2 Å². The Labute approximate surface area is 148 Å². The van der Waals surface area contributed by atoms with Gasteiger partial charge in [-0.3, -0.25) is 4.79 Å². The van der Waals surface area contributed by atoms with Crippen LogP contribution in [0.5, 0.6) is 0 Å². The van der Waals surface area contributed by atoms with E-state index in [9.17, 15) is 10.1 Å². The van der Waals surface area contributed by atoms with Crippen LogP contribution < -0.4 is 15.1 Å². The number of nitrogens with one attached hydrogen (secondary N) is 3. The number of carbonyl (C=O) groups is 1. The fourth-order valence-corrected chi connectivity index (χ4v) is 5.22. The number of thiophene rings is 1. The summed E-state index contributed by atoms with van der Waals surface area (Å²) in [6.45, 7) is 10.6. The number of anilines is 1. The minimum Gasteiger partial charge on any atom is -0.326 e. The Balaban J connectivity index is 1.62. The highest BCUT2D eigenvalue weighted by Crippen LogP contribution is 2.39. The van der Waals surface area contributed by atoms with Gasteiger partial charge in [-0.25, -0.2) is 0 Å². The van der Waals surface area contributed by atoms with Gasteiger partial charge >= 0.3 is 0 Å². The maximum Gasteiger partial charge on any atom is 0.280 e. The van der Waals surface area contributed by atoms with Crippen molar-refractivity contribution >= 4 is 22.2 Å². The minimum absolute atomic E-state index is 0.0492. The van der Waals surface area contributed by atoms with Crippen LogP contribution in [0.3, 0.4) is 0 Å². The molecule has 1 amide bonds. The summed E-state index contributed by atoms with van der Waals surface area (Å²) < 4.78 is 0. The van der Waals surface area contributed by atoms with Crippen molar-refractivity contribution < 1.29 is 14.6 Å². The number of nitriles is 1. The highest BCUT2D eigenvalue weighted by atomic mass is 32.1. The first-order valence-electron chi connectivity index (χ1n) is 9.12. The van der Waals surface area contributed by atoms with Gasteiger partial charge in [0.05, 0.1) is 12.1 Å². The molecule has 5 nitrogen and oxygen atoms in total. The van der Waals surface area contributed by atoms with Crippen LogP contribution in [-0.4, -0.2) is 45.2 Å². The van der Waals surface area contributed by atoms with E-state index >= 15 is 0 Å². The van der Waals surface area contributed by atoms with Crippen molar-refractivity contribution in [2.24, 2.45) is 5.92 Å². The van der Waals surface area contributed by atoms with Gasteiger partial charge in [0, 0.05) is 4.88 Å². The molecule has 24 heavy (non-hydrogen) atoms. The van der Waals surface area contributed by atoms with E-state index in [1.54, 1.807) is 16.2 Å². The van der Waals surface area contributed by atoms with E-state index < -0.39 is 0 Å². The molecule has 1 aromatic rings. The number of nitrogens with zero attached hydrogens (tertiary/aromatic N) is 1. The third-order valence-electron chi connectivity index (χ3n) is 5.45. The molecule has 1 aliphatic carbocycles. The van der Waals surface area contributed by atoms with E-state index in [4.69, 9.17) is 0 Å². The SMILES string of the molecule is CC[NH+]1CC[NH+](CC(=O)Nc2sc3c(c2C#N)CC[C@H](C)C3)CC1. The third kappa shape index (κ3) is 3.80. The molecule has 130 valence electrons. The van der Waals surface area contributed by atoms with Gasteiger partial charge < -0.3 is 15.1 Å². The smallest absolute Gasteiger partial charge is 0.280 e. The average molecular weight is 349 g/mol. The molecule has 3 N–H and O–H groups in total. The van der Waals surface area contributed by atoms with Crippen LogP contribution in [0.2, 0.25) is 0 Å². The zero-order chi connectivity index (χ0) is 17.1. The second kappa shape index (κ2) is 7.64. The van der Waals surface area contributed by atoms with E-state index in [2.05, 4.69) is 25.2 Å². The lowest BCUT2D eigenvalue weighted by atomic mass is 9.89. The summed E-state index contributed by atoms with van der Waals surface area (Å²) in [5.41, 5.74) is 1.90. The molecule has 0 spiro atoms. The summed E-state index contributed by atoms with van der Waals surface area (Å²) in [4.78, 5) is 16.7. The summed E-state index contributed by atoms with van der Waals surface area (Å²) in [5.74, 6) is 0.723. The normalized spacial score (nSPS) is 26.5. The zero-order valence-electron chi connectivity index (χ0n) is 14.7. The van der Waals surface area contributed by atoms with Gasteiger partial charge in [-0.15, -0.1) is 11.3 Å². The lowest BCUT2D eigenvalue weighted by Gasteiger charge is -2.28. The van der Waals surface area contributed by atoms with Gasteiger partial charge in [0.1, 0.15) is 37.2 Å². The van der Waals surface area contributed by atoms with Crippen molar-refractivity contribution in [1.82, 2.24) is 0 Å². The average Bonchev–Trinajstić information content (AvgIpc) is 2.91. The molecule has 0 bridgehead atoms. The van der Waals surface area contributed by atoms with Gasteiger partial charge in [0.15, 0.2) is 6.54 Å². The molecule has 1 fully saturated rings. The predicted octanol–water partition coefficient (Wildman–Crippen LogP) is -0.514. The van der Waals surface area contributed by atoms with Crippen molar-refractivity contribution in [3.8, 4) is 6.07 Å². The second-order valence-electron chi connectivity index (χ2n) is 7.25. The van der Waals surface area contributed by atoms with Crippen molar-refractivity contribution in [1.29, 1.82) is 5.26 Å². The maximum absolute atomic E-state index is 12.4. The largest absolute Gasteiger partial charge is 0.326 e. The van der Waals surface area contributed by atoms with Gasteiger partial charge in [-0.2, -0.15) is 5.26 Å². The van der Waals surface area contributed by atoms with E-state index in [0.29, 0.717) is 18.0 Å². The van der Waals surface area contributed by atoms with E-state index in [1.165, 1.54) is 21.9 Å².